The first-order valence-electron chi connectivity index (χ1n) is 12.3. The van der Waals surface area contributed by atoms with Crippen molar-refractivity contribution in [1.82, 2.24) is 14.7 Å². The Kier molecular flexibility index (Phi) is 10.1. The van der Waals surface area contributed by atoms with Gasteiger partial charge in [0.15, 0.2) is 0 Å². The Labute approximate surface area is 216 Å². The van der Waals surface area contributed by atoms with Crippen LogP contribution >= 0.6 is 0 Å². The van der Waals surface area contributed by atoms with E-state index in [-0.39, 0.29) is 31.8 Å². The minimum absolute atomic E-state index is 0.0371. The molecule has 4 atom stereocenters. The zero-order valence-electron chi connectivity index (χ0n) is 22.4. The molecule has 13 heteroatoms. The molecule has 0 aliphatic carbocycles. The molecule has 37 heavy (non-hydrogen) atoms. The SMILES string of the molecule is CC(C)(C)OC(=O)N1C[C@@H](F)C[C@H]1C(=O)N1CCOCC1.CC(C)(C)OC(=O)N1C[C@@H](F)C[C@H]1C(=O)O. The van der Waals surface area contributed by atoms with Crippen LogP contribution in [0.5, 0.6) is 0 Å². The molecule has 0 aromatic carbocycles. The van der Waals surface area contributed by atoms with Crippen molar-refractivity contribution < 1.29 is 47.3 Å². The first kappa shape index (κ1) is 30.5. The number of hydrogen-bond acceptors (Lipinski definition) is 7. The maximum absolute atomic E-state index is 13.7. The zero-order valence-corrected chi connectivity index (χ0v) is 22.4. The van der Waals surface area contributed by atoms with Gasteiger partial charge in [-0.25, -0.2) is 23.2 Å². The maximum atomic E-state index is 13.7. The summed E-state index contributed by atoms with van der Waals surface area (Å²) in [6.45, 7) is 11.8. The van der Waals surface area contributed by atoms with E-state index < -0.39 is 53.8 Å². The molecule has 3 heterocycles. The number of carboxylic acid groups (broad SMARTS) is 1. The Morgan fingerprint density at radius 2 is 1.19 bits per heavy atom. The Bertz CT molecular complexity index is 839. The Morgan fingerprint density at radius 1 is 0.784 bits per heavy atom. The van der Waals surface area contributed by atoms with Gasteiger partial charge < -0.3 is 24.2 Å². The summed E-state index contributed by atoms with van der Waals surface area (Å²) in [6, 6.07) is -1.89. The standard InChI is InChI=1S/C14H23FN2O4.C10H16FNO4/c1-14(2,3)21-13(19)17-9-10(15)8-11(17)12(18)16-4-6-20-7-5-16;1-10(2,3)16-9(15)12-5-6(11)4-7(12)8(13)14/h10-11H,4-9H2,1-3H3;6-7H,4-5H2,1-3H3,(H,13,14)/t10-,11-;6-,7-/m00/s1. The molecule has 3 rings (SSSR count). The van der Waals surface area contributed by atoms with Crippen LogP contribution in [0.3, 0.4) is 0 Å². The molecule has 0 aromatic rings. The summed E-state index contributed by atoms with van der Waals surface area (Å²) in [5.41, 5.74) is -1.38. The first-order chi connectivity index (χ1) is 17.0. The van der Waals surface area contributed by atoms with E-state index in [1.807, 2.05) is 0 Å². The third-order valence-corrected chi connectivity index (χ3v) is 5.65. The van der Waals surface area contributed by atoms with Crippen molar-refractivity contribution in [1.29, 1.82) is 0 Å². The fraction of sp³-hybridized carbons (Fsp3) is 0.833. The Morgan fingerprint density at radius 3 is 1.59 bits per heavy atom. The van der Waals surface area contributed by atoms with Crippen molar-refractivity contribution in [3.63, 3.8) is 0 Å². The van der Waals surface area contributed by atoms with Crippen LogP contribution in [-0.4, -0.2) is 119 Å². The number of halogens is 2. The van der Waals surface area contributed by atoms with E-state index in [2.05, 4.69) is 0 Å². The molecule has 212 valence electrons. The molecule has 3 fully saturated rings. The van der Waals surface area contributed by atoms with Gasteiger partial charge in [-0.15, -0.1) is 0 Å². The van der Waals surface area contributed by atoms with Crippen molar-refractivity contribution in [2.45, 2.75) is 90.0 Å². The van der Waals surface area contributed by atoms with E-state index in [4.69, 9.17) is 19.3 Å². The van der Waals surface area contributed by atoms with Gasteiger partial charge in [0, 0.05) is 25.9 Å². The highest BCUT2D eigenvalue weighted by atomic mass is 19.1. The average molecular weight is 536 g/mol. The molecule has 11 nitrogen and oxygen atoms in total. The highest BCUT2D eigenvalue weighted by Gasteiger charge is 2.44. The number of carbonyl (C=O) groups is 4. The highest BCUT2D eigenvalue weighted by Crippen LogP contribution is 2.25. The summed E-state index contributed by atoms with van der Waals surface area (Å²) in [5.74, 6) is -1.42. The number of ether oxygens (including phenoxy) is 3. The molecule has 1 N–H and O–H groups in total. The molecular weight excluding hydrogens is 496 g/mol. The average Bonchev–Trinajstić information content (AvgIpc) is 3.35. The Balaban J connectivity index is 0.000000271. The lowest BCUT2D eigenvalue weighted by Crippen LogP contribution is -2.51. The molecule has 0 saturated carbocycles. The fourth-order valence-electron chi connectivity index (χ4n) is 4.08. The van der Waals surface area contributed by atoms with Crippen LogP contribution in [0.1, 0.15) is 54.4 Å². The molecule has 3 aliphatic heterocycles. The summed E-state index contributed by atoms with van der Waals surface area (Å²) in [5, 5.41) is 8.83. The van der Waals surface area contributed by atoms with E-state index in [9.17, 15) is 28.0 Å². The largest absolute Gasteiger partial charge is 0.480 e. The van der Waals surface area contributed by atoms with Gasteiger partial charge in [-0.3, -0.25) is 14.6 Å². The lowest BCUT2D eigenvalue weighted by Gasteiger charge is -2.33. The van der Waals surface area contributed by atoms with Crippen LogP contribution in [0.4, 0.5) is 18.4 Å². The minimum atomic E-state index is -1.30. The summed E-state index contributed by atoms with van der Waals surface area (Å²) < 4.78 is 42.2. The predicted octanol–water partition coefficient (Wildman–Crippen LogP) is 2.61. The van der Waals surface area contributed by atoms with Crippen LogP contribution in [-0.2, 0) is 23.8 Å². The number of morpholine rings is 1. The number of alkyl halides is 2. The topological polar surface area (TPSA) is 126 Å². The molecular formula is C24H39F2N3O8. The van der Waals surface area contributed by atoms with E-state index >= 15 is 0 Å². The van der Waals surface area contributed by atoms with Crippen molar-refractivity contribution in [2.24, 2.45) is 0 Å². The normalized spacial score (nSPS) is 26.3. The van der Waals surface area contributed by atoms with E-state index in [1.165, 1.54) is 4.90 Å². The molecule has 3 saturated heterocycles. The van der Waals surface area contributed by atoms with Gasteiger partial charge in [0.05, 0.1) is 26.3 Å². The lowest BCUT2D eigenvalue weighted by molar-refractivity contribution is -0.142. The predicted molar refractivity (Wildman–Crippen MR) is 128 cm³/mol. The lowest BCUT2D eigenvalue weighted by atomic mass is 10.1. The van der Waals surface area contributed by atoms with E-state index in [1.54, 1.807) is 46.4 Å². The summed E-state index contributed by atoms with van der Waals surface area (Å²) in [4.78, 5) is 50.8. The zero-order chi connectivity index (χ0) is 28.1. The number of rotatable bonds is 2. The molecule has 3 amide bonds. The third-order valence-electron chi connectivity index (χ3n) is 5.65. The van der Waals surface area contributed by atoms with Crippen LogP contribution < -0.4 is 0 Å². The number of carbonyl (C=O) groups excluding carboxylic acids is 3. The van der Waals surface area contributed by atoms with Crippen molar-refractivity contribution >= 4 is 24.1 Å². The van der Waals surface area contributed by atoms with Crippen LogP contribution in [0, 0.1) is 0 Å². The van der Waals surface area contributed by atoms with Gasteiger partial charge >= 0.3 is 18.2 Å². The molecule has 0 spiro atoms. The number of nitrogens with zero attached hydrogens (tertiary/aromatic N) is 3. The van der Waals surface area contributed by atoms with E-state index in [0.717, 1.165) is 4.90 Å². The van der Waals surface area contributed by atoms with Crippen LogP contribution in [0.15, 0.2) is 0 Å². The quantitative estimate of drug-likeness (QED) is 0.572. The van der Waals surface area contributed by atoms with Crippen molar-refractivity contribution in [2.75, 3.05) is 39.4 Å². The highest BCUT2D eigenvalue weighted by molar-refractivity contribution is 5.86. The van der Waals surface area contributed by atoms with Gasteiger partial charge in [-0.1, -0.05) is 0 Å². The summed E-state index contributed by atoms with van der Waals surface area (Å²) >= 11 is 0. The van der Waals surface area contributed by atoms with Gasteiger partial charge in [0.25, 0.3) is 0 Å². The van der Waals surface area contributed by atoms with Gasteiger partial charge in [-0.2, -0.15) is 0 Å². The minimum Gasteiger partial charge on any atom is -0.480 e. The van der Waals surface area contributed by atoms with Crippen LogP contribution in [0.2, 0.25) is 0 Å². The molecule has 0 radical (unpaired) electrons. The number of amides is 3. The second-order valence-electron chi connectivity index (χ2n) is 11.2. The second kappa shape index (κ2) is 12.2. The molecule has 0 bridgehead atoms. The summed E-state index contributed by atoms with van der Waals surface area (Å²) in [7, 11) is 0. The summed E-state index contributed by atoms with van der Waals surface area (Å²) in [6.07, 6.45) is -4.03. The van der Waals surface area contributed by atoms with Gasteiger partial charge in [-0.05, 0) is 41.5 Å². The Hall–Kier alpha value is -2.70. The number of hydrogen-bond donors (Lipinski definition) is 1. The first-order valence-corrected chi connectivity index (χ1v) is 12.3. The second-order valence-corrected chi connectivity index (χ2v) is 11.2. The van der Waals surface area contributed by atoms with E-state index in [0.29, 0.717) is 26.3 Å². The van der Waals surface area contributed by atoms with Gasteiger partial charge in [0.1, 0.15) is 35.6 Å². The fourth-order valence-corrected chi connectivity index (χ4v) is 4.08. The smallest absolute Gasteiger partial charge is 0.411 e. The third kappa shape index (κ3) is 9.28. The molecule has 0 aromatic heterocycles. The number of carboxylic acids is 1. The van der Waals surface area contributed by atoms with Gasteiger partial charge in [0.2, 0.25) is 5.91 Å². The number of aliphatic carboxylic acids is 1. The molecule has 3 aliphatic rings. The van der Waals surface area contributed by atoms with Crippen LogP contribution in [0.25, 0.3) is 0 Å². The number of likely N-dealkylation sites (tertiary alicyclic amines) is 2. The van der Waals surface area contributed by atoms with Crippen molar-refractivity contribution in [3.8, 4) is 0 Å². The maximum Gasteiger partial charge on any atom is 0.411 e. The molecule has 0 unspecified atom stereocenters. The van der Waals surface area contributed by atoms with Crippen molar-refractivity contribution in [3.05, 3.63) is 0 Å². The monoisotopic (exact) mass is 535 g/mol.